The molecule has 0 aliphatic heterocycles. The van der Waals surface area contributed by atoms with Crippen LogP contribution in [0.3, 0.4) is 0 Å². The van der Waals surface area contributed by atoms with Gasteiger partial charge in [-0.3, -0.25) is 33.6 Å². The van der Waals surface area contributed by atoms with Crippen molar-refractivity contribution >= 4 is 65.4 Å². The van der Waals surface area contributed by atoms with Crippen molar-refractivity contribution in [1.29, 1.82) is 0 Å². The standard InChI is InChI=1S/C42H70N6O17/c1-2-43-27(38(56)57)15-13-14-26-44-32(49)22-18-28(39(58)59)46-34(51)24-20-30(41(62)63)48-36(53)25-21-31(42(64)65)47-35(52)23-19-29(40(60)61)45-33(50)16-11-9-7-5-3-4-6-8-10-12-17-37(54)55/h27-31,43H,2-26H2,1H3,(H,44,49)(H,45,50)(H,46,51)(H,47,52)(H,48,53)(H,54,55)(H,56,57)(H,58,59)(H,60,61)(H,62,63)(H,64,65)/t27-,28-,29-,30-,31-/m0/s1. The number of carboxylic acids is 6. The van der Waals surface area contributed by atoms with Crippen LogP contribution in [0.5, 0.6) is 0 Å². The second kappa shape index (κ2) is 35.5. The van der Waals surface area contributed by atoms with Crippen molar-refractivity contribution < 1.29 is 83.4 Å². The molecule has 65 heavy (non-hydrogen) atoms. The van der Waals surface area contributed by atoms with Gasteiger partial charge in [0.15, 0.2) is 0 Å². The molecule has 0 aliphatic rings. The van der Waals surface area contributed by atoms with E-state index in [0.29, 0.717) is 38.6 Å². The summed E-state index contributed by atoms with van der Waals surface area (Å²) in [6.45, 7) is 2.48. The Kier molecular flexibility index (Phi) is 32.3. The Labute approximate surface area is 378 Å². The molecular formula is C42H70N6O17. The minimum Gasteiger partial charge on any atom is -0.481 e. The third-order valence-electron chi connectivity index (χ3n) is 10.2. The van der Waals surface area contributed by atoms with Crippen molar-refractivity contribution in [3.63, 3.8) is 0 Å². The molecular weight excluding hydrogens is 860 g/mol. The number of carbonyl (C=O) groups excluding carboxylic acids is 5. The summed E-state index contributed by atoms with van der Waals surface area (Å²) in [7, 11) is 0. The molecule has 0 radical (unpaired) electrons. The van der Waals surface area contributed by atoms with Crippen LogP contribution in [-0.4, -0.2) is 139 Å². The molecule has 0 saturated carbocycles. The third kappa shape index (κ3) is 31.6. The maximum absolute atomic E-state index is 12.6. The predicted octanol–water partition coefficient (Wildman–Crippen LogP) is 1.50. The summed E-state index contributed by atoms with van der Waals surface area (Å²) in [6.07, 6.45) is 6.85. The van der Waals surface area contributed by atoms with Crippen LogP contribution in [0.25, 0.3) is 0 Å². The van der Waals surface area contributed by atoms with Crippen molar-refractivity contribution in [2.75, 3.05) is 13.1 Å². The van der Waals surface area contributed by atoms with E-state index in [1.165, 1.54) is 0 Å². The minimum absolute atomic E-state index is 0.0756. The molecule has 0 aliphatic carbocycles. The van der Waals surface area contributed by atoms with Crippen LogP contribution in [-0.2, 0) is 52.7 Å². The molecule has 23 heteroatoms. The minimum atomic E-state index is -1.64. The average Bonchev–Trinajstić information content (AvgIpc) is 3.22. The molecule has 0 fully saturated rings. The number of likely N-dealkylation sites (N-methyl/N-ethyl adjacent to an activating group) is 1. The fraction of sp³-hybridized carbons (Fsp3) is 0.738. The van der Waals surface area contributed by atoms with Crippen LogP contribution < -0.4 is 31.9 Å². The van der Waals surface area contributed by atoms with Crippen molar-refractivity contribution in [3.8, 4) is 0 Å². The first-order valence-corrected chi connectivity index (χ1v) is 22.3. The SMILES string of the molecule is CCN[C@@H](CCCCNC(=O)CC[C@H](NC(=O)CC[C@H](NC(=O)CC[C@H](NC(=O)CC[C@H](NC(=O)CCCCCCCCCCCCC(=O)O)C(=O)O)C(=O)O)C(=O)O)C(=O)O)C(=O)O. The van der Waals surface area contributed by atoms with Crippen LogP contribution in [0.15, 0.2) is 0 Å². The average molecular weight is 931 g/mol. The van der Waals surface area contributed by atoms with Gasteiger partial charge in [0.2, 0.25) is 29.5 Å². The van der Waals surface area contributed by atoms with Gasteiger partial charge in [-0.25, -0.2) is 19.2 Å². The van der Waals surface area contributed by atoms with E-state index in [4.69, 9.17) is 10.2 Å². The second-order valence-electron chi connectivity index (χ2n) is 15.7. The molecule has 5 atom stereocenters. The van der Waals surface area contributed by atoms with Gasteiger partial charge in [-0.05, 0) is 64.3 Å². The third-order valence-corrected chi connectivity index (χ3v) is 10.2. The molecule has 23 nitrogen and oxygen atoms in total. The van der Waals surface area contributed by atoms with E-state index in [2.05, 4.69) is 31.9 Å². The zero-order valence-electron chi connectivity index (χ0n) is 37.2. The number of amides is 5. The van der Waals surface area contributed by atoms with Gasteiger partial charge >= 0.3 is 35.8 Å². The number of carboxylic acid groups (broad SMARTS) is 6. The molecule has 12 N–H and O–H groups in total. The van der Waals surface area contributed by atoms with Crippen molar-refractivity contribution in [2.45, 2.75) is 185 Å². The lowest BCUT2D eigenvalue weighted by Gasteiger charge is -2.18. The van der Waals surface area contributed by atoms with E-state index in [1.54, 1.807) is 6.92 Å². The Hall–Kier alpha value is -5.87. The van der Waals surface area contributed by atoms with Crippen molar-refractivity contribution in [3.05, 3.63) is 0 Å². The lowest BCUT2D eigenvalue weighted by atomic mass is 10.0. The number of carbonyl (C=O) groups is 11. The Morgan fingerprint density at radius 2 is 0.646 bits per heavy atom. The Morgan fingerprint density at radius 3 is 0.969 bits per heavy atom. The highest BCUT2D eigenvalue weighted by atomic mass is 16.4. The zero-order valence-corrected chi connectivity index (χ0v) is 37.2. The lowest BCUT2D eigenvalue weighted by Crippen LogP contribution is -2.45. The van der Waals surface area contributed by atoms with Crippen LogP contribution >= 0.6 is 0 Å². The molecule has 0 aromatic rings. The summed E-state index contributed by atoms with van der Waals surface area (Å²) in [6, 6.07) is -6.90. The fourth-order valence-corrected chi connectivity index (χ4v) is 6.52. The molecule has 0 aromatic carbocycles. The van der Waals surface area contributed by atoms with Gasteiger partial charge in [-0.2, -0.15) is 0 Å². The number of hydrogen-bond acceptors (Lipinski definition) is 12. The fourth-order valence-electron chi connectivity index (χ4n) is 6.52. The van der Waals surface area contributed by atoms with E-state index >= 15 is 0 Å². The van der Waals surface area contributed by atoms with Gasteiger partial charge in [0.1, 0.15) is 30.2 Å². The van der Waals surface area contributed by atoms with E-state index in [0.717, 1.165) is 51.4 Å². The molecule has 0 bridgehead atoms. The summed E-state index contributed by atoms with van der Waals surface area (Å²) < 4.78 is 0. The number of hydrogen-bond donors (Lipinski definition) is 12. The quantitative estimate of drug-likeness (QED) is 0.0386. The van der Waals surface area contributed by atoms with Crippen molar-refractivity contribution in [2.24, 2.45) is 0 Å². The molecule has 0 aromatic heterocycles. The normalized spacial score (nSPS) is 13.2. The van der Waals surface area contributed by atoms with Gasteiger partial charge in [0, 0.05) is 45.1 Å². The van der Waals surface area contributed by atoms with E-state index in [1.807, 2.05) is 0 Å². The van der Waals surface area contributed by atoms with E-state index in [-0.39, 0.29) is 38.6 Å². The first-order chi connectivity index (χ1) is 30.8. The summed E-state index contributed by atoms with van der Waals surface area (Å²) in [4.78, 5) is 131. The molecule has 5 amide bonds. The smallest absolute Gasteiger partial charge is 0.326 e. The van der Waals surface area contributed by atoms with Gasteiger partial charge < -0.3 is 62.5 Å². The number of aliphatic carboxylic acids is 6. The largest absolute Gasteiger partial charge is 0.481 e. The molecule has 0 rings (SSSR count). The van der Waals surface area contributed by atoms with E-state index in [9.17, 15) is 73.2 Å². The highest BCUT2D eigenvalue weighted by molar-refractivity contribution is 5.88. The Balaban J connectivity index is 4.69. The van der Waals surface area contributed by atoms with Gasteiger partial charge in [-0.1, -0.05) is 58.3 Å². The first kappa shape index (κ1) is 59.1. The Morgan fingerprint density at radius 1 is 0.338 bits per heavy atom. The highest BCUT2D eigenvalue weighted by Crippen LogP contribution is 2.13. The zero-order chi connectivity index (χ0) is 49.2. The predicted molar refractivity (Wildman–Crippen MR) is 230 cm³/mol. The number of unbranched alkanes of at least 4 members (excludes halogenated alkanes) is 10. The van der Waals surface area contributed by atoms with Crippen LogP contribution in [0, 0.1) is 0 Å². The molecule has 0 heterocycles. The number of nitrogens with one attached hydrogen (secondary N) is 6. The van der Waals surface area contributed by atoms with Crippen LogP contribution in [0.1, 0.15) is 155 Å². The molecule has 370 valence electrons. The summed E-state index contributed by atoms with van der Waals surface area (Å²) >= 11 is 0. The summed E-state index contributed by atoms with van der Waals surface area (Å²) in [5.41, 5.74) is 0. The topological polar surface area (TPSA) is 381 Å². The summed E-state index contributed by atoms with van der Waals surface area (Å²) in [5, 5.41) is 70.4. The van der Waals surface area contributed by atoms with E-state index < -0.39 is 128 Å². The van der Waals surface area contributed by atoms with Crippen LogP contribution in [0.4, 0.5) is 0 Å². The summed E-state index contributed by atoms with van der Waals surface area (Å²) in [5.74, 6) is -11.4. The van der Waals surface area contributed by atoms with Crippen LogP contribution in [0.2, 0.25) is 0 Å². The molecule has 0 saturated heterocycles. The van der Waals surface area contributed by atoms with Gasteiger partial charge in [0.25, 0.3) is 0 Å². The monoisotopic (exact) mass is 930 g/mol. The maximum Gasteiger partial charge on any atom is 0.326 e. The molecule has 0 spiro atoms. The van der Waals surface area contributed by atoms with Gasteiger partial charge in [0.05, 0.1) is 0 Å². The maximum atomic E-state index is 12.6. The highest BCUT2D eigenvalue weighted by Gasteiger charge is 2.27. The first-order valence-electron chi connectivity index (χ1n) is 22.3. The Bertz CT molecular complexity index is 1560. The number of rotatable bonds is 41. The lowest BCUT2D eigenvalue weighted by molar-refractivity contribution is -0.144. The van der Waals surface area contributed by atoms with Crippen molar-refractivity contribution in [1.82, 2.24) is 31.9 Å². The van der Waals surface area contributed by atoms with Gasteiger partial charge in [-0.15, -0.1) is 0 Å². The second-order valence-corrected chi connectivity index (χ2v) is 15.7. The molecule has 0 unspecified atom stereocenters.